The summed E-state index contributed by atoms with van der Waals surface area (Å²) < 4.78 is 65.6. The maximum absolute atomic E-state index is 13.9. The fraction of sp³-hybridized carbons (Fsp3) is 0.259. The van der Waals surface area contributed by atoms with E-state index in [0.717, 1.165) is 22.9 Å². The Hall–Kier alpha value is -3.48. The monoisotopic (exact) mass is 471 g/mol. The second kappa shape index (κ2) is 8.70. The lowest BCUT2D eigenvalue weighted by atomic mass is 9.85. The SMILES string of the molecule is COc1cc(F)ccc1-c1ccc2c(c1COc1ccccc1C(F)(F)F)C(C)=CC(C)(C)N2. The number of halogens is 4. The van der Waals surface area contributed by atoms with Crippen molar-refractivity contribution >= 4 is 11.3 Å². The molecule has 1 aliphatic heterocycles. The molecule has 1 heterocycles. The van der Waals surface area contributed by atoms with Crippen LogP contribution in [0.4, 0.5) is 23.2 Å². The Labute approximate surface area is 196 Å². The highest BCUT2D eigenvalue weighted by Gasteiger charge is 2.34. The quantitative estimate of drug-likeness (QED) is 0.387. The second-order valence-electron chi connectivity index (χ2n) is 8.82. The Morgan fingerprint density at radius 2 is 1.65 bits per heavy atom. The zero-order valence-electron chi connectivity index (χ0n) is 19.3. The molecule has 0 spiro atoms. The molecule has 7 heteroatoms. The van der Waals surface area contributed by atoms with Gasteiger partial charge in [-0.3, -0.25) is 0 Å². The van der Waals surface area contributed by atoms with Crippen LogP contribution in [0.15, 0.2) is 60.7 Å². The molecule has 0 aliphatic carbocycles. The predicted molar refractivity (Wildman–Crippen MR) is 126 cm³/mol. The minimum absolute atomic E-state index is 0.126. The Kier molecular flexibility index (Phi) is 6.06. The Bertz CT molecular complexity index is 1260. The number of para-hydroxylation sites is 1. The molecule has 178 valence electrons. The van der Waals surface area contributed by atoms with E-state index < -0.39 is 17.6 Å². The van der Waals surface area contributed by atoms with E-state index in [9.17, 15) is 17.6 Å². The van der Waals surface area contributed by atoms with E-state index in [2.05, 4.69) is 11.4 Å². The summed E-state index contributed by atoms with van der Waals surface area (Å²) in [6.07, 6.45) is -2.48. The van der Waals surface area contributed by atoms with Gasteiger partial charge < -0.3 is 14.8 Å². The molecule has 4 rings (SSSR count). The van der Waals surface area contributed by atoms with E-state index in [0.29, 0.717) is 22.4 Å². The van der Waals surface area contributed by atoms with Crippen molar-refractivity contribution < 1.29 is 27.0 Å². The lowest BCUT2D eigenvalue weighted by molar-refractivity contribution is -0.139. The molecule has 34 heavy (non-hydrogen) atoms. The summed E-state index contributed by atoms with van der Waals surface area (Å²) in [6.45, 7) is 5.90. The Morgan fingerprint density at radius 3 is 2.35 bits per heavy atom. The number of alkyl halides is 3. The van der Waals surface area contributed by atoms with E-state index >= 15 is 0 Å². The van der Waals surface area contributed by atoms with Gasteiger partial charge in [-0.2, -0.15) is 13.2 Å². The van der Waals surface area contributed by atoms with Crippen molar-refractivity contribution in [2.45, 2.75) is 39.1 Å². The summed E-state index contributed by atoms with van der Waals surface area (Å²) in [6, 6.07) is 13.1. The van der Waals surface area contributed by atoms with Gasteiger partial charge in [-0.15, -0.1) is 0 Å². The minimum atomic E-state index is -4.54. The third-order valence-electron chi connectivity index (χ3n) is 5.76. The summed E-state index contributed by atoms with van der Waals surface area (Å²) >= 11 is 0. The third-order valence-corrected chi connectivity index (χ3v) is 5.76. The number of allylic oxidation sites excluding steroid dienone is 1. The fourth-order valence-electron chi connectivity index (χ4n) is 4.47. The van der Waals surface area contributed by atoms with E-state index in [-0.39, 0.29) is 17.9 Å². The standard InChI is InChI=1S/C27H25F4NO2/c1-16-14-26(2,3)32-22-12-11-18(19-10-9-17(28)13-24(19)33-4)20(25(16)22)15-34-23-8-6-5-7-21(23)27(29,30)31/h5-14,32H,15H2,1-4H3. The van der Waals surface area contributed by atoms with Gasteiger partial charge in [-0.1, -0.05) is 24.3 Å². The number of ether oxygens (including phenoxy) is 2. The molecule has 1 aliphatic rings. The van der Waals surface area contributed by atoms with Crippen LogP contribution in [-0.4, -0.2) is 12.6 Å². The number of hydrogen-bond donors (Lipinski definition) is 1. The molecule has 0 saturated carbocycles. The summed E-state index contributed by atoms with van der Waals surface area (Å²) in [5, 5.41) is 3.45. The zero-order valence-corrected chi connectivity index (χ0v) is 19.3. The molecule has 0 fully saturated rings. The molecular weight excluding hydrogens is 446 g/mol. The van der Waals surface area contributed by atoms with Crippen LogP contribution in [0, 0.1) is 5.82 Å². The van der Waals surface area contributed by atoms with Gasteiger partial charge in [-0.25, -0.2) is 4.39 Å². The summed E-state index contributed by atoms with van der Waals surface area (Å²) in [5.74, 6) is -0.382. The van der Waals surface area contributed by atoms with Crippen LogP contribution in [0.3, 0.4) is 0 Å². The van der Waals surface area contributed by atoms with E-state index in [1.54, 1.807) is 6.07 Å². The van der Waals surface area contributed by atoms with Crippen LogP contribution in [0.25, 0.3) is 16.7 Å². The van der Waals surface area contributed by atoms with Gasteiger partial charge >= 0.3 is 6.18 Å². The van der Waals surface area contributed by atoms with E-state index in [4.69, 9.17) is 9.47 Å². The van der Waals surface area contributed by atoms with Crippen LogP contribution in [-0.2, 0) is 12.8 Å². The van der Waals surface area contributed by atoms with Crippen LogP contribution in [0.1, 0.15) is 37.5 Å². The van der Waals surface area contributed by atoms with E-state index in [1.807, 2.05) is 32.9 Å². The van der Waals surface area contributed by atoms with Gasteiger partial charge in [-0.05, 0) is 62.2 Å². The number of rotatable bonds is 5. The van der Waals surface area contributed by atoms with Crippen LogP contribution >= 0.6 is 0 Å². The molecule has 0 saturated heterocycles. The molecule has 0 bridgehead atoms. The highest BCUT2D eigenvalue weighted by Crippen LogP contribution is 2.43. The maximum atomic E-state index is 13.9. The van der Waals surface area contributed by atoms with Crippen molar-refractivity contribution in [3.8, 4) is 22.6 Å². The molecule has 3 nitrogen and oxygen atoms in total. The lowest BCUT2D eigenvalue weighted by Gasteiger charge is -2.33. The van der Waals surface area contributed by atoms with Gasteiger partial charge in [0.1, 0.15) is 23.9 Å². The van der Waals surface area contributed by atoms with Gasteiger partial charge in [0.25, 0.3) is 0 Å². The maximum Gasteiger partial charge on any atom is 0.419 e. The molecule has 0 atom stereocenters. The number of fused-ring (bicyclic) bond motifs is 1. The molecule has 3 aromatic carbocycles. The third kappa shape index (κ3) is 4.60. The smallest absolute Gasteiger partial charge is 0.419 e. The normalized spacial score (nSPS) is 14.6. The molecule has 3 aromatic rings. The van der Waals surface area contributed by atoms with Crippen molar-refractivity contribution in [2.75, 3.05) is 12.4 Å². The second-order valence-corrected chi connectivity index (χ2v) is 8.82. The highest BCUT2D eigenvalue weighted by atomic mass is 19.4. The predicted octanol–water partition coefficient (Wildman–Crippen LogP) is 7.71. The average molecular weight is 471 g/mol. The van der Waals surface area contributed by atoms with Crippen molar-refractivity contribution in [1.82, 2.24) is 0 Å². The highest BCUT2D eigenvalue weighted by molar-refractivity contribution is 5.88. The van der Waals surface area contributed by atoms with Gasteiger partial charge in [0, 0.05) is 28.4 Å². The first kappa shape index (κ1) is 23.7. The molecule has 0 unspecified atom stereocenters. The summed E-state index contributed by atoms with van der Waals surface area (Å²) in [4.78, 5) is 0. The van der Waals surface area contributed by atoms with Crippen LogP contribution in [0.2, 0.25) is 0 Å². The van der Waals surface area contributed by atoms with Gasteiger partial charge in [0.2, 0.25) is 0 Å². The molecule has 0 radical (unpaired) electrons. The Balaban J connectivity index is 1.87. The van der Waals surface area contributed by atoms with Crippen molar-refractivity contribution in [3.05, 3.63) is 83.2 Å². The Morgan fingerprint density at radius 1 is 0.941 bits per heavy atom. The molecule has 1 N–H and O–H groups in total. The minimum Gasteiger partial charge on any atom is -0.496 e. The number of hydrogen-bond acceptors (Lipinski definition) is 3. The number of nitrogens with one attached hydrogen (secondary N) is 1. The summed E-state index contributed by atoms with van der Waals surface area (Å²) in [7, 11) is 1.45. The van der Waals surface area contributed by atoms with Gasteiger partial charge in [0.05, 0.1) is 18.2 Å². The summed E-state index contributed by atoms with van der Waals surface area (Å²) in [5.41, 5.74) is 3.49. The van der Waals surface area contributed by atoms with E-state index in [1.165, 1.54) is 37.4 Å². The first-order valence-electron chi connectivity index (χ1n) is 10.8. The lowest BCUT2D eigenvalue weighted by Crippen LogP contribution is -2.32. The topological polar surface area (TPSA) is 30.5 Å². The molecular formula is C27H25F4NO2. The first-order valence-corrected chi connectivity index (χ1v) is 10.8. The fourth-order valence-corrected chi connectivity index (χ4v) is 4.47. The van der Waals surface area contributed by atoms with Crippen molar-refractivity contribution in [2.24, 2.45) is 0 Å². The number of methoxy groups -OCH3 is 1. The molecule has 0 aromatic heterocycles. The largest absolute Gasteiger partial charge is 0.496 e. The molecule has 0 amide bonds. The first-order chi connectivity index (χ1) is 16.0. The van der Waals surface area contributed by atoms with Gasteiger partial charge in [0.15, 0.2) is 0 Å². The average Bonchev–Trinajstić information content (AvgIpc) is 2.76. The number of benzene rings is 3. The van der Waals surface area contributed by atoms with Crippen LogP contribution < -0.4 is 14.8 Å². The number of anilines is 1. The van der Waals surface area contributed by atoms with Crippen LogP contribution in [0.5, 0.6) is 11.5 Å². The van der Waals surface area contributed by atoms with Crippen molar-refractivity contribution in [3.63, 3.8) is 0 Å². The zero-order chi connectivity index (χ0) is 24.7. The van der Waals surface area contributed by atoms with Crippen molar-refractivity contribution in [1.29, 1.82) is 0 Å².